The van der Waals surface area contributed by atoms with E-state index in [-0.39, 0.29) is 6.10 Å². The van der Waals surface area contributed by atoms with Crippen molar-refractivity contribution in [2.24, 2.45) is 0 Å². The number of morpholine rings is 1. The smallest absolute Gasteiger partial charge is 0.241 e. The third kappa shape index (κ3) is 3.31. The summed E-state index contributed by atoms with van der Waals surface area (Å²) in [6, 6.07) is 9.85. The fourth-order valence-electron chi connectivity index (χ4n) is 2.60. The lowest BCUT2D eigenvalue weighted by atomic mass is 10.2. The summed E-state index contributed by atoms with van der Waals surface area (Å²) in [6.45, 7) is 2.95. The predicted octanol–water partition coefficient (Wildman–Crippen LogP) is 2.77. The van der Waals surface area contributed by atoms with Crippen LogP contribution in [0.15, 0.2) is 46.4 Å². The summed E-state index contributed by atoms with van der Waals surface area (Å²) in [5.41, 5.74) is 0.963. The number of benzene rings is 1. The third-order valence-corrected chi connectivity index (χ3v) is 4.60. The fraction of sp³-hybridized carbons (Fsp3) is 0.312. The van der Waals surface area contributed by atoms with Crippen LogP contribution in [-0.4, -0.2) is 39.7 Å². The molecule has 2 aromatic heterocycles. The van der Waals surface area contributed by atoms with E-state index in [0.717, 1.165) is 23.7 Å². The van der Waals surface area contributed by atoms with Gasteiger partial charge in [0, 0.05) is 30.2 Å². The minimum Gasteiger partial charge on any atom is -0.368 e. The predicted molar refractivity (Wildman–Crippen MR) is 85.8 cm³/mol. The van der Waals surface area contributed by atoms with Gasteiger partial charge in [0.15, 0.2) is 0 Å². The Labute approximate surface area is 137 Å². The summed E-state index contributed by atoms with van der Waals surface area (Å²) in [5, 5.41) is 7.06. The highest BCUT2D eigenvalue weighted by molar-refractivity contribution is 7.09. The van der Waals surface area contributed by atoms with Gasteiger partial charge >= 0.3 is 0 Å². The molecule has 1 fully saturated rings. The SMILES string of the molecule is c1ccc(-c2noc(CN3CCO[C@H](c4nccs4)C3)n2)cc1. The van der Waals surface area contributed by atoms with Crippen LogP contribution in [0.25, 0.3) is 11.4 Å². The molecule has 1 saturated heterocycles. The lowest BCUT2D eigenvalue weighted by Crippen LogP contribution is -2.37. The lowest BCUT2D eigenvalue weighted by molar-refractivity contribution is -0.0356. The highest BCUT2D eigenvalue weighted by atomic mass is 32.1. The maximum Gasteiger partial charge on any atom is 0.241 e. The first-order valence-electron chi connectivity index (χ1n) is 7.50. The maximum atomic E-state index is 5.80. The molecular formula is C16H16N4O2S. The van der Waals surface area contributed by atoms with Crippen LogP contribution in [0.3, 0.4) is 0 Å². The standard InChI is InChI=1S/C16H16N4O2S/c1-2-4-12(5-3-1)15-18-14(22-19-15)11-20-7-8-21-13(10-20)16-17-6-9-23-16/h1-6,9,13H,7-8,10-11H2/t13-/m0/s1. The zero-order valence-corrected chi connectivity index (χ0v) is 13.3. The van der Waals surface area contributed by atoms with Crippen LogP contribution in [0.4, 0.5) is 0 Å². The minimum absolute atomic E-state index is 0.0280. The molecule has 0 amide bonds. The van der Waals surface area contributed by atoms with Gasteiger partial charge in [0.1, 0.15) is 11.1 Å². The van der Waals surface area contributed by atoms with Gasteiger partial charge in [0.25, 0.3) is 0 Å². The van der Waals surface area contributed by atoms with Crippen LogP contribution >= 0.6 is 11.3 Å². The molecule has 7 heteroatoms. The van der Waals surface area contributed by atoms with Crippen LogP contribution in [0.2, 0.25) is 0 Å². The van der Waals surface area contributed by atoms with E-state index in [1.165, 1.54) is 0 Å². The Morgan fingerprint density at radius 3 is 3.00 bits per heavy atom. The van der Waals surface area contributed by atoms with E-state index in [1.807, 2.05) is 41.9 Å². The van der Waals surface area contributed by atoms with E-state index in [9.17, 15) is 0 Å². The molecule has 3 aromatic rings. The van der Waals surface area contributed by atoms with E-state index in [1.54, 1.807) is 11.3 Å². The number of rotatable bonds is 4. The highest BCUT2D eigenvalue weighted by Gasteiger charge is 2.25. The molecule has 3 heterocycles. The number of aromatic nitrogens is 3. The molecule has 0 spiro atoms. The molecule has 0 bridgehead atoms. The van der Waals surface area contributed by atoms with Crippen LogP contribution in [0, 0.1) is 0 Å². The van der Waals surface area contributed by atoms with E-state index in [0.29, 0.717) is 24.9 Å². The summed E-state index contributed by atoms with van der Waals surface area (Å²) in [5.74, 6) is 1.26. The second-order valence-electron chi connectivity index (χ2n) is 5.34. The topological polar surface area (TPSA) is 64.3 Å². The second kappa shape index (κ2) is 6.57. The van der Waals surface area contributed by atoms with Gasteiger partial charge in [-0.15, -0.1) is 11.3 Å². The average molecular weight is 328 g/mol. The van der Waals surface area contributed by atoms with Gasteiger partial charge in [0.2, 0.25) is 11.7 Å². The first kappa shape index (κ1) is 14.5. The Kier molecular flexibility index (Phi) is 4.14. The van der Waals surface area contributed by atoms with Crippen molar-refractivity contribution in [3.05, 3.63) is 52.8 Å². The monoisotopic (exact) mass is 328 g/mol. The molecule has 23 heavy (non-hydrogen) atoms. The Morgan fingerprint density at radius 2 is 2.17 bits per heavy atom. The van der Waals surface area contributed by atoms with Crippen molar-refractivity contribution in [1.82, 2.24) is 20.0 Å². The molecule has 118 valence electrons. The summed E-state index contributed by atoms with van der Waals surface area (Å²) < 4.78 is 11.2. The molecule has 1 aliphatic rings. The molecule has 0 radical (unpaired) electrons. The van der Waals surface area contributed by atoms with Crippen LogP contribution in [-0.2, 0) is 11.3 Å². The number of ether oxygens (including phenoxy) is 1. The van der Waals surface area contributed by atoms with E-state index < -0.39 is 0 Å². The van der Waals surface area contributed by atoms with Crippen LogP contribution in [0.5, 0.6) is 0 Å². The number of nitrogens with zero attached hydrogens (tertiary/aromatic N) is 4. The van der Waals surface area contributed by atoms with Gasteiger partial charge in [-0.3, -0.25) is 4.90 Å². The average Bonchev–Trinajstić information content (AvgIpc) is 3.28. The van der Waals surface area contributed by atoms with Crippen molar-refractivity contribution >= 4 is 11.3 Å². The van der Waals surface area contributed by atoms with Gasteiger partial charge < -0.3 is 9.26 Å². The lowest BCUT2D eigenvalue weighted by Gasteiger charge is -2.30. The zero-order chi connectivity index (χ0) is 15.5. The van der Waals surface area contributed by atoms with Crippen LogP contribution < -0.4 is 0 Å². The van der Waals surface area contributed by atoms with Gasteiger partial charge in [-0.05, 0) is 0 Å². The molecule has 6 nitrogen and oxygen atoms in total. The van der Waals surface area contributed by atoms with Gasteiger partial charge in [-0.25, -0.2) is 4.98 Å². The first-order chi connectivity index (χ1) is 11.4. The van der Waals surface area contributed by atoms with Gasteiger partial charge in [0.05, 0.1) is 13.2 Å². The van der Waals surface area contributed by atoms with Crippen molar-refractivity contribution in [3.63, 3.8) is 0 Å². The summed E-state index contributed by atoms with van der Waals surface area (Å²) in [4.78, 5) is 11.1. The van der Waals surface area contributed by atoms with Crippen molar-refractivity contribution in [3.8, 4) is 11.4 Å². The second-order valence-corrected chi connectivity index (χ2v) is 6.27. The molecule has 1 aromatic carbocycles. The maximum absolute atomic E-state index is 5.80. The Morgan fingerprint density at radius 1 is 1.26 bits per heavy atom. The van der Waals surface area contributed by atoms with Crippen molar-refractivity contribution in [2.45, 2.75) is 12.6 Å². The summed E-state index contributed by atoms with van der Waals surface area (Å²) >= 11 is 1.62. The molecule has 0 unspecified atom stereocenters. The number of hydrogen-bond donors (Lipinski definition) is 0. The molecule has 1 atom stereocenters. The third-order valence-electron chi connectivity index (χ3n) is 3.74. The number of thiazole rings is 1. The number of hydrogen-bond acceptors (Lipinski definition) is 7. The molecule has 0 N–H and O–H groups in total. The quantitative estimate of drug-likeness (QED) is 0.734. The molecular weight excluding hydrogens is 312 g/mol. The minimum atomic E-state index is 0.0280. The highest BCUT2D eigenvalue weighted by Crippen LogP contribution is 2.25. The first-order valence-corrected chi connectivity index (χ1v) is 8.38. The molecule has 0 aliphatic carbocycles. The van der Waals surface area contributed by atoms with Gasteiger partial charge in [-0.2, -0.15) is 4.98 Å². The van der Waals surface area contributed by atoms with Crippen molar-refractivity contribution < 1.29 is 9.26 Å². The Hall–Kier alpha value is -2.09. The van der Waals surface area contributed by atoms with Crippen LogP contribution in [0.1, 0.15) is 17.0 Å². The van der Waals surface area contributed by atoms with Crippen molar-refractivity contribution in [1.29, 1.82) is 0 Å². The summed E-state index contributed by atoms with van der Waals surface area (Å²) in [7, 11) is 0. The fourth-order valence-corrected chi connectivity index (χ4v) is 3.28. The normalized spacial score (nSPS) is 19.0. The van der Waals surface area contributed by atoms with Crippen molar-refractivity contribution in [2.75, 3.05) is 19.7 Å². The van der Waals surface area contributed by atoms with E-state index in [4.69, 9.17) is 9.26 Å². The Bertz CT molecular complexity index is 745. The van der Waals surface area contributed by atoms with E-state index in [2.05, 4.69) is 20.0 Å². The summed E-state index contributed by atoms with van der Waals surface area (Å²) in [6.07, 6.45) is 1.84. The zero-order valence-electron chi connectivity index (χ0n) is 12.5. The van der Waals surface area contributed by atoms with Gasteiger partial charge in [-0.1, -0.05) is 35.5 Å². The Balaban J connectivity index is 1.43. The molecule has 1 aliphatic heterocycles. The molecule has 4 rings (SSSR count). The van der Waals surface area contributed by atoms with E-state index >= 15 is 0 Å². The molecule has 0 saturated carbocycles. The largest absolute Gasteiger partial charge is 0.368 e.